The van der Waals surface area contributed by atoms with E-state index in [4.69, 9.17) is 9.84 Å². The lowest BCUT2D eigenvalue weighted by Crippen LogP contribution is -2.40. The second kappa shape index (κ2) is 8.69. The standard InChI is InChI=1S/C23H21F3N6O3/c1-35-17-4-2-3-13-5-7-16(28-19(13)17)21-30-29-18-8-6-14(11-32(18)21)20(23(24,25)26)31-10-9-15(12-31)27-22(33)34/h2-8,11,15,20,27H,9-10,12H2,1H3,(H,33,34)/t15?,20-/m1/s1. The number of alkyl halides is 3. The fourth-order valence-electron chi connectivity index (χ4n) is 4.57. The van der Waals surface area contributed by atoms with Gasteiger partial charge in [-0.15, -0.1) is 10.2 Å². The highest BCUT2D eigenvalue weighted by molar-refractivity contribution is 5.86. The predicted molar refractivity (Wildman–Crippen MR) is 120 cm³/mol. The number of hydrogen-bond donors (Lipinski definition) is 2. The molecule has 3 aromatic heterocycles. The highest BCUT2D eigenvalue weighted by Crippen LogP contribution is 2.40. The molecule has 1 aliphatic rings. The highest BCUT2D eigenvalue weighted by Gasteiger charge is 2.47. The van der Waals surface area contributed by atoms with E-state index in [0.29, 0.717) is 34.9 Å². The van der Waals surface area contributed by atoms with Crippen LogP contribution in [-0.4, -0.2) is 68.1 Å². The maximum atomic E-state index is 14.2. The van der Waals surface area contributed by atoms with E-state index in [9.17, 15) is 18.0 Å². The molecule has 5 rings (SSSR count). The van der Waals surface area contributed by atoms with Gasteiger partial charge in [-0.25, -0.2) is 9.78 Å². The first-order chi connectivity index (χ1) is 16.7. The minimum absolute atomic E-state index is 0.000365. The minimum atomic E-state index is -4.57. The third-order valence-electron chi connectivity index (χ3n) is 6.10. The van der Waals surface area contributed by atoms with Crippen LogP contribution in [0.15, 0.2) is 48.7 Å². The number of pyridine rings is 2. The first kappa shape index (κ1) is 22.8. The van der Waals surface area contributed by atoms with Gasteiger partial charge in [-0.3, -0.25) is 9.30 Å². The van der Waals surface area contributed by atoms with Gasteiger partial charge in [-0.05, 0) is 30.2 Å². The summed E-state index contributed by atoms with van der Waals surface area (Å²) in [6.45, 7) is 0.0593. The van der Waals surface area contributed by atoms with Crippen LogP contribution in [0.4, 0.5) is 18.0 Å². The summed E-state index contributed by atoms with van der Waals surface area (Å²) in [6, 6.07) is 9.44. The molecule has 1 unspecified atom stereocenters. The second-order valence-corrected chi connectivity index (χ2v) is 8.32. The van der Waals surface area contributed by atoms with Gasteiger partial charge in [0.1, 0.15) is 23.0 Å². The molecule has 2 atom stereocenters. The lowest BCUT2D eigenvalue weighted by molar-refractivity contribution is -0.184. The highest BCUT2D eigenvalue weighted by atomic mass is 19.4. The first-order valence-electron chi connectivity index (χ1n) is 10.8. The molecule has 1 aliphatic heterocycles. The molecule has 0 saturated carbocycles. The van der Waals surface area contributed by atoms with Crippen molar-refractivity contribution in [3.8, 4) is 17.3 Å². The number of likely N-dealkylation sites (tertiary alicyclic amines) is 1. The quantitative estimate of drug-likeness (QED) is 0.441. The topological polar surface area (TPSA) is 105 Å². The minimum Gasteiger partial charge on any atom is -0.494 e. The van der Waals surface area contributed by atoms with Gasteiger partial charge in [0.25, 0.3) is 0 Å². The van der Waals surface area contributed by atoms with Gasteiger partial charge in [0.05, 0.1) is 7.11 Å². The lowest BCUT2D eigenvalue weighted by atomic mass is 10.1. The largest absolute Gasteiger partial charge is 0.494 e. The van der Waals surface area contributed by atoms with Crippen LogP contribution in [0.2, 0.25) is 0 Å². The molecule has 1 amide bonds. The first-order valence-corrected chi connectivity index (χ1v) is 10.8. The van der Waals surface area contributed by atoms with Crippen molar-refractivity contribution in [2.45, 2.75) is 24.7 Å². The number of amides is 1. The molecular weight excluding hydrogens is 465 g/mol. The Kier molecular flexibility index (Phi) is 5.67. The number of para-hydroxylation sites is 1. The summed E-state index contributed by atoms with van der Waals surface area (Å²) in [7, 11) is 1.54. The lowest BCUT2D eigenvalue weighted by Gasteiger charge is -2.30. The van der Waals surface area contributed by atoms with Crippen molar-refractivity contribution < 1.29 is 27.8 Å². The number of methoxy groups -OCH3 is 1. The van der Waals surface area contributed by atoms with Gasteiger partial charge < -0.3 is 15.2 Å². The Bertz CT molecular complexity index is 1410. The van der Waals surface area contributed by atoms with Gasteiger partial charge in [0.2, 0.25) is 0 Å². The summed E-state index contributed by atoms with van der Waals surface area (Å²) in [6.07, 6.45) is -4.17. The Morgan fingerprint density at radius 1 is 1.20 bits per heavy atom. The Hall–Kier alpha value is -3.93. The summed E-state index contributed by atoms with van der Waals surface area (Å²) in [4.78, 5) is 16.8. The van der Waals surface area contributed by atoms with Crippen LogP contribution < -0.4 is 10.1 Å². The molecule has 2 N–H and O–H groups in total. The molecule has 4 heterocycles. The summed E-state index contributed by atoms with van der Waals surface area (Å²) in [5, 5.41) is 20.3. The van der Waals surface area contributed by atoms with E-state index in [1.54, 1.807) is 12.1 Å². The number of hydrogen-bond acceptors (Lipinski definition) is 6. The van der Waals surface area contributed by atoms with Crippen molar-refractivity contribution in [3.63, 3.8) is 0 Å². The van der Waals surface area contributed by atoms with Gasteiger partial charge >= 0.3 is 12.3 Å². The van der Waals surface area contributed by atoms with Crippen LogP contribution in [0.5, 0.6) is 5.75 Å². The zero-order valence-electron chi connectivity index (χ0n) is 18.5. The molecular formula is C23H21F3N6O3. The molecule has 12 heteroatoms. The van der Waals surface area contributed by atoms with Gasteiger partial charge in [-0.2, -0.15) is 13.2 Å². The summed E-state index contributed by atoms with van der Waals surface area (Å²) in [5.41, 5.74) is 1.41. The normalized spacial score (nSPS) is 17.7. The number of benzene rings is 1. The SMILES string of the molecule is COc1cccc2ccc(-c3nnc4ccc([C@@H](N5CCC(NC(=O)O)C5)C(F)(F)F)cn34)nc12. The number of ether oxygens (including phenoxy) is 1. The number of aromatic nitrogens is 4. The number of fused-ring (bicyclic) bond motifs is 2. The third kappa shape index (κ3) is 4.32. The zero-order valence-corrected chi connectivity index (χ0v) is 18.5. The number of carboxylic acid groups (broad SMARTS) is 1. The van der Waals surface area contributed by atoms with Crippen LogP contribution in [0.1, 0.15) is 18.0 Å². The maximum absolute atomic E-state index is 14.2. The van der Waals surface area contributed by atoms with E-state index in [-0.39, 0.29) is 18.7 Å². The molecule has 1 fully saturated rings. The maximum Gasteiger partial charge on any atom is 0.408 e. The number of rotatable bonds is 5. The molecule has 4 aromatic rings. The van der Waals surface area contributed by atoms with Crippen molar-refractivity contribution >= 4 is 22.6 Å². The average molecular weight is 486 g/mol. The Morgan fingerprint density at radius 2 is 2.03 bits per heavy atom. The molecule has 1 saturated heterocycles. The van der Waals surface area contributed by atoms with Crippen molar-refractivity contribution in [2.24, 2.45) is 0 Å². The fraction of sp³-hybridized carbons (Fsp3) is 0.304. The summed E-state index contributed by atoms with van der Waals surface area (Å²) < 4.78 is 49.5. The van der Waals surface area contributed by atoms with Gasteiger partial charge in [-0.1, -0.05) is 24.3 Å². The molecule has 0 spiro atoms. The predicted octanol–water partition coefficient (Wildman–Crippen LogP) is 3.90. The third-order valence-corrected chi connectivity index (χ3v) is 6.10. The molecule has 1 aromatic carbocycles. The van der Waals surface area contributed by atoms with Crippen LogP contribution in [-0.2, 0) is 0 Å². The average Bonchev–Trinajstić information content (AvgIpc) is 3.44. The van der Waals surface area contributed by atoms with Crippen LogP contribution in [0.3, 0.4) is 0 Å². The van der Waals surface area contributed by atoms with Crippen molar-refractivity contribution in [1.29, 1.82) is 0 Å². The van der Waals surface area contributed by atoms with E-state index in [1.807, 2.05) is 18.2 Å². The number of nitrogens with one attached hydrogen (secondary N) is 1. The number of nitrogens with zero attached hydrogens (tertiary/aromatic N) is 5. The fourth-order valence-corrected chi connectivity index (χ4v) is 4.57. The molecule has 0 aliphatic carbocycles. The molecule has 0 bridgehead atoms. The van der Waals surface area contributed by atoms with Crippen LogP contribution >= 0.6 is 0 Å². The number of halogens is 3. The van der Waals surface area contributed by atoms with Crippen molar-refractivity contribution in [3.05, 3.63) is 54.2 Å². The van der Waals surface area contributed by atoms with Crippen LogP contribution in [0.25, 0.3) is 28.1 Å². The second-order valence-electron chi connectivity index (χ2n) is 8.32. The van der Waals surface area contributed by atoms with E-state index >= 15 is 0 Å². The Balaban J connectivity index is 1.55. The monoisotopic (exact) mass is 486 g/mol. The van der Waals surface area contributed by atoms with E-state index in [0.717, 1.165) is 5.39 Å². The van der Waals surface area contributed by atoms with Crippen molar-refractivity contribution in [2.75, 3.05) is 20.2 Å². The molecule has 9 nitrogen and oxygen atoms in total. The van der Waals surface area contributed by atoms with E-state index in [2.05, 4.69) is 20.5 Å². The zero-order chi connectivity index (χ0) is 24.7. The molecule has 35 heavy (non-hydrogen) atoms. The number of carbonyl (C=O) groups is 1. The van der Waals surface area contributed by atoms with E-state index in [1.165, 1.54) is 34.7 Å². The molecule has 0 radical (unpaired) electrons. The summed E-state index contributed by atoms with van der Waals surface area (Å²) in [5.74, 6) is 0.858. The van der Waals surface area contributed by atoms with Crippen LogP contribution in [0, 0.1) is 0 Å². The van der Waals surface area contributed by atoms with Gasteiger partial charge in [0.15, 0.2) is 11.5 Å². The Morgan fingerprint density at radius 3 is 2.77 bits per heavy atom. The molecule has 182 valence electrons. The van der Waals surface area contributed by atoms with Gasteiger partial charge in [0, 0.05) is 30.7 Å². The summed E-state index contributed by atoms with van der Waals surface area (Å²) >= 11 is 0. The van der Waals surface area contributed by atoms with Crippen molar-refractivity contribution in [1.82, 2.24) is 29.8 Å². The van der Waals surface area contributed by atoms with E-state index < -0.39 is 24.4 Å². The smallest absolute Gasteiger partial charge is 0.408 e. The Labute approximate surface area is 197 Å².